The molecule has 1 saturated heterocycles. The molecule has 0 spiro atoms. The summed E-state index contributed by atoms with van der Waals surface area (Å²) in [7, 11) is 0. The van der Waals surface area contributed by atoms with Gasteiger partial charge in [-0.05, 0) is 12.1 Å². The monoisotopic (exact) mass is 337 g/mol. The Hall–Kier alpha value is -3.49. The molecule has 0 unspecified atom stereocenters. The van der Waals surface area contributed by atoms with Crippen LogP contribution in [0, 0.1) is 0 Å². The highest BCUT2D eigenvalue weighted by Gasteiger charge is 2.38. The van der Waals surface area contributed by atoms with Gasteiger partial charge in [-0.1, -0.05) is 18.2 Å². The average Bonchev–Trinajstić information content (AvgIpc) is 3.35. The van der Waals surface area contributed by atoms with E-state index in [1.54, 1.807) is 10.9 Å². The molecule has 0 saturated carbocycles. The van der Waals surface area contributed by atoms with Crippen LogP contribution in [-0.2, 0) is 17.8 Å². The zero-order chi connectivity index (χ0) is 17.2. The highest BCUT2D eigenvalue weighted by Crippen LogP contribution is 2.15. The Balaban J connectivity index is 1.53. The second-order valence-electron chi connectivity index (χ2n) is 5.63. The van der Waals surface area contributed by atoms with Gasteiger partial charge in [0.1, 0.15) is 12.4 Å². The number of nitrogens with one attached hydrogen (secondary N) is 2. The van der Waals surface area contributed by atoms with E-state index in [1.807, 2.05) is 30.3 Å². The first-order valence-corrected chi connectivity index (χ1v) is 7.76. The molecule has 1 atom stereocenters. The van der Waals surface area contributed by atoms with Gasteiger partial charge >= 0.3 is 6.03 Å². The topological polar surface area (TPSA) is 109 Å². The number of hydrogen-bond acceptors (Lipinski definition) is 5. The number of imide groups is 1. The SMILES string of the molecule is O=C1N[C@@H](Cc2cnc[nH]2)C(=O)N1Cc1ncnn1-c1ccccc1. The molecule has 4 rings (SSSR count). The van der Waals surface area contributed by atoms with Crippen LogP contribution in [0.15, 0.2) is 49.2 Å². The summed E-state index contributed by atoms with van der Waals surface area (Å²) in [6.07, 6.45) is 4.94. The Morgan fingerprint density at radius 1 is 1.16 bits per heavy atom. The lowest BCUT2D eigenvalue weighted by molar-refractivity contribution is -0.127. The van der Waals surface area contributed by atoms with Crippen molar-refractivity contribution in [2.45, 2.75) is 19.0 Å². The van der Waals surface area contributed by atoms with Crippen LogP contribution in [0.1, 0.15) is 11.5 Å². The van der Waals surface area contributed by atoms with Gasteiger partial charge in [0, 0.05) is 18.3 Å². The largest absolute Gasteiger partial charge is 0.348 e. The smallest absolute Gasteiger partial charge is 0.325 e. The zero-order valence-corrected chi connectivity index (χ0v) is 13.2. The number of aromatic nitrogens is 5. The second-order valence-corrected chi connectivity index (χ2v) is 5.63. The fraction of sp³-hybridized carbons (Fsp3) is 0.188. The number of urea groups is 1. The molecular formula is C16H15N7O2. The van der Waals surface area contributed by atoms with Crippen LogP contribution in [0.4, 0.5) is 4.79 Å². The molecule has 9 nitrogen and oxygen atoms in total. The van der Waals surface area contributed by atoms with Crippen molar-refractivity contribution in [1.82, 2.24) is 34.9 Å². The molecule has 0 bridgehead atoms. The van der Waals surface area contributed by atoms with E-state index in [0.717, 1.165) is 16.3 Å². The maximum Gasteiger partial charge on any atom is 0.325 e. The number of nitrogens with zero attached hydrogens (tertiary/aromatic N) is 5. The molecule has 1 aliphatic rings. The molecule has 0 radical (unpaired) electrons. The zero-order valence-electron chi connectivity index (χ0n) is 13.2. The minimum absolute atomic E-state index is 0.0546. The third-order valence-electron chi connectivity index (χ3n) is 4.00. The lowest BCUT2D eigenvalue weighted by Crippen LogP contribution is -2.33. The number of carbonyl (C=O) groups excluding carboxylic acids is 2. The predicted molar refractivity (Wildman–Crippen MR) is 86.5 cm³/mol. The molecule has 126 valence electrons. The average molecular weight is 337 g/mol. The van der Waals surface area contributed by atoms with Crippen molar-refractivity contribution in [2.75, 3.05) is 0 Å². The van der Waals surface area contributed by atoms with Gasteiger partial charge in [0.15, 0.2) is 5.82 Å². The Kier molecular flexibility index (Phi) is 3.73. The number of hydrogen-bond donors (Lipinski definition) is 2. The van der Waals surface area contributed by atoms with Crippen LogP contribution in [-0.4, -0.2) is 47.6 Å². The van der Waals surface area contributed by atoms with Crippen molar-refractivity contribution in [3.05, 3.63) is 60.7 Å². The van der Waals surface area contributed by atoms with E-state index < -0.39 is 12.1 Å². The summed E-state index contributed by atoms with van der Waals surface area (Å²) in [5.74, 6) is 0.221. The third kappa shape index (κ3) is 2.87. The molecule has 3 aromatic rings. The number of amides is 3. The van der Waals surface area contributed by atoms with Crippen LogP contribution < -0.4 is 5.32 Å². The Morgan fingerprint density at radius 2 is 2.00 bits per heavy atom. The molecule has 2 aromatic heterocycles. The summed E-state index contributed by atoms with van der Waals surface area (Å²) in [4.78, 5) is 37.0. The standard InChI is InChI=1S/C16H15N7O2/c24-15-13(6-11-7-17-9-18-11)21-16(25)22(15)8-14-19-10-20-23(14)12-4-2-1-3-5-12/h1-5,7,9-10,13H,6,8H2,(H,17,18)(H,21,25)/t13-/m0/s1. The van der Waals surface area contributed by atoms with Gasteiger partial charge in [-0.3, -0.25) is 9.69 Å². The summed E-state index contributed by atoms with van der Waals surface area (Å²) in [5, 5.41) is 6.88. The van der Waals surface area contributed by atoms with E-state index in [1.165, 1.54) is 12.7 Å². The summed E-state index contributed by atoms with van der Waals surface area (Å²) in [6.45, 7) is 0.0546. The highest BCUT2D eigenvalue weighted by molar-refractivity contribution is 6.04. The number of imidazole rings is 1. The van der Waals surface area contributed by atoms with Gasteiger partial charge in [-0.15, -0.1) is 0 Å². The lowest BCUT2D eigenvalue weighted by atomic mass is 10.1. The van der Waals surface area contributed by atoms with Gasteiger partial charge in [-0.2, -0.15) is 5.10 Å². The minimum atomic E-state index is -0.610. The molecule has 25 heavy (non-hydrogen) atoms. The Morgan fingerprint density at radius 3 is 2.76 bits per heavy atom. The molecule has 3 heterocycles. The number of para-hydroxylation sites is 1. The van der Waals surface area contributed by atoms with E-state index in [-0.39, 0.29) is 12.5 Å². The Labute approximate surface area is 142 Å². The summed E-state index contributed by atoms with van der Waals surface area (Å²) in [6, 6.07) is 8.38. The number of H-pyrrole nitrogens is 1. The first kappa shape index (κ1) is 15.1. The van der Waals surface area contributed by atoms with E-state index >= 15 is 0 Å². The minimum Gasteiger partial charge on any atom is -0.348 e. The van der Waals surface area contributed by atoms with Crippen molar-refractivity contribution in [3.8, 4) is 5.69 Å². The highest BCUT2D eigenvalue weighted by atomic mass is 16.2. The van der Waals surface area contributed by atoms with Crippen molar-refractivity contribution in [1.29, 1.82) is 0 Å². The van der Waals surface area contributed by atoms with E-state index in [9.17, 15) is 9.59 Å². The maximum absolute atomic E-state index is 12.6. The van der Waals surface area contributed by atoms with Gasteiger partial charge in [0.25, 0.3) is 5.91 Å². The third-order valence-corrected chi connectivity index (χ3v) is 4.00. The van der Waals surface area contributed by atoms with Crippen molar-refractivity contribution < 1.29 is 9.59 Å². The van der Waals surface area contributed by atoms with Crippen molar-refractivity contribution >= 4 is 11.9 Å². The fourth-order valence-electron chi connectivity index (χ4n) is 2.78. The van der Waals surface area contributed by atoms with Gasteiger partial charge in [0.05, 0.1) is 18.6 Å². The first-order valence-electron chi connectivity index (χ1n) is 7.76. The van der Waals surface area contributed by atoms with Crippen LogP contribution in [0.5, 0.6) is 0 Å². The van der Waals surface area contributed by atoms with Crippen LogP contribution in [0.2, 0.25) is 0 Å². The molecule has 2 N–H and O–H groups in total. The number of rotatable bonds is 5. The van der Waals surface area contributed by atoms with E-state index in [2.05, 4.69) is 25.4 Å². The molecule has 3 amide bonds. The molecule has 1 fully saturated rings. The number of aromatic amines is 1. The molecular weight excluding hydrogens is 322 g/mol. The van der Waals surface area contributed by atoms with Gasteiger partial charge in [0.2, 0.25) is 0 Å². The van der Waals surface area contributed by atoms with Gasteiger partial charge < -0.3 is 10.3 Å². The molecule has 1 aliphatic heterocycles. The molecule has 1 aromatic carbocycles. The first-order chi connectivity index (χ1) is 12.2. The van der Waals surface area contributed by atoms with Gasteiger partial charge in [-0.25, -0.2) is 19.4 Å². The number of benzene rings is 1. The normalized spacial score (nSPS) is 17.1. The maximum atomic E-state index is 12.6. The van der Waals surface area contributed by atoms with Crippen molar-refractivity contribution in [3.63, 3.8) is 0 Å². The molecule has 0 aliphatic carbocycles. The van der Waals surface area contributed by atoms with E-state index in [0.29, 0.717) is 12.2 Å². The van der Waals surface area contributed by atoms with Crippen LogP contribution in [0.25, 0.3) is 5.69 Å². The van der Waals surface area contributed by atoms with Crippen molar-refractivity contribution in [2.24, 2.45) is 0 Å². The quantitative estimate of drug-likeness (QED) is 0.665. The Bertz CT molecular complexity index is 888. The fourth-order valence-corrected chi connectivity index (χ4v) is 2.78. The summed E-state index contributed by atoms with van der Waals surface area (Å²) in [5.41, 5.74) is 1.60. The van der Waals surface area contributed by atoms with Crippen LogP contribution in [0.3, 0.4) is 0 Å². The lowest BCUT2D eigenvalue weighted by Gasteiger charge is -2.13. The number of carbonyl (C=O) groups is 2. The van der Waals surface area contributed by atoms with E-state index in [4.69, 9.17) is 0 Å². The predicted octanol–water partition coefficient (Wildman–Crippen LogP) is 0.653. The molecule has 9 heteroatoms. The second kappa shape index (κ2) is 6.19. The van der Waals surface area contributed by atoms with Crippen LogP contribution >= 0.6 is 0 Å². The summed E-state index contributed by atoms with van der Waals surface area (Å²) < 4.78 is 1.61. The summed E-state index contributed by atoms with van der Waals surface area (Å²) >= 11 is 0.